The van der Waals surface area contributed by atoms with Crippen molar-refractivity contribution in [1.29, 1.82) is 0 Å². The lowest BCUT2D eigenvalue weighted by Crippen LogP contribution is -2.58. The molecule has 1 aliphatic rings. The van der Waals surface area contributed by atoms with E-state index in [1.807, 2.05) is 18.2 Å². The maximum absolute atomic E-state index is 12.0. The zero-order valence-corrected chi connectivity index (χ0v) is 11.0. The summed E-state index contributed by atoms with van der Waals surface area (Å²) in [6.45, 7) is 6.29. The first-order valence-corrected chi connectivity index (χ1v) is 6.46. The van der Waals surface area contributed by atoms with Crippen molar-refractivity contribution in [2.45, 2.75) is 32.5 Å². The SMILES string of the molecule is Cc1ccccc1CNC(=O)C1CNC(C)CN1. The number of nitrogens with one attached hydrogen (secondary N) is 3. The Hall–Kier alpha value is -1.39. The number of aryl methyl sites for hydroxylation is 1. The molecule has 1 saturated heterocycles. The number of piperazine rings is 1. The zero-order valence-electron chi connectivity index (χ0n) is 11.0. The van der Waals surface area contributed by atoms with Crippen molar-refractivity contribution in [3.8, 4) is 0 Å². The van der Waals surface area contributed by atoms with E-state index in [1.54, 1.807) is 0 Å². The number of amides is 1. The van der Waals surface area contributed by atoms with Gasteiger partial charge in [0.15, 0.2) is 0 Å². The number of hydrogen-bond donors (Lipinski definition) is 3. The molecule has 18 heavy (non-hydrogen) atoms. The van der Waals surface area contributed by atoms with E-state index in [9.17, 15) is 4.79 Å². The first kappa shape index (κ1) is 13.1. The minimum Gasteiger partial charge on any atom is -0.351 e. The lowest BCUT2D eigenvalue weighted by molar-refractivity contribution is -0.123. The molecule has 4 heteroatoms. The molecule has 0 aromatic heterocycles. The molecule has 2 unspecified atom stereocenters. The fourth-order valence-electron chi connectivity index (χ4n) is 2.08. The Balaban J connectivity index is 1.83. The summed E-state index contributed by atoms with van der Waals surface area (Å²) < 4.78 is 0. The Morgan fingerprint density at radius 3 is 2.78 bits per heavy atom. The highest BCUT2D eigenvalue weighted by molar-refractivity contribution is 5.82. The maximum Gasteiger partial charge on any atom is 0.238 e. The van der Waals surface area contributed by atoms with E-state index in [0.717, 1.165) is 6.54 Å². The smallest absolute Gasteiger partial charge is 0.238 e. The van der Waals surface area contributed by atoms with Crippen LogP contribution in [0.15, 0.2) is 24.3 Å². The summed E-state index contributed by atoms with van der Waals surface area (Å²) in [5, 5.41) is 9.53. The minimum absolute atomic E-state index is 0.0673. The number of hydrogen-bond acceptors (Lipinski definition) is 3. The molecule has 1 aliphatic heterocycles. The average Bonchev–Trinajstić information content (AvgIpc) is 2.38. The van der Waals surface area contributed by atoms with Crippen LogP contribution in [0.25, 0.3) is 0 Å². The van der Waals surface area contributed by atoms with Crippen molar-refractivity contribution in [1.82, 2.24) is 16.0 Å². The molecule has 0 spiro atoms. The van der Waals surface area contributed by atoms with Crippen LogP contribution in [0, 0.1) is 6.92 Å². The van der Waals surface area contributed by atoms with Gasteiger partial charge in [-0.15, -0.1) is 0 Å². The van der Waals surface area contributed by atoms with Crippen molar-refractivity contribution >= 4 is 5.91 Å². The van der Waals surface area contributed by atoms with Gasteiger partial charge in [0.2, 0.25) is 5.91 Å². The molecule has 0 saturated carbocycles. The highest BCUT2D eigenvalue weighted by Gasteiger charge is 2.22. The molecule has 1 aromatic rings. The summed E-state index contributed by atoms with van der Waals surface area (Å²) in [5.41, 5.74) is 2.38. The van der Waals surface area contributed by atoms with Crippen LogP contribution in [0.3, 0.4) is 0 Å². The Bertz CT molecular complexity index is 411. The van der Waals surface area contributed by atoms with Crippen molar-refractivity contribution in [2.75, 3.05) is 13.1 Å². The lowest BCUT2D eigenvalue weighted by Gasteiger charge is -2.28. The van der Waals surface area contributed by atoms with E-state index in [4.69, 9.17) is 0 Å². The molecule has 2 atom stereocenters. The second-order valence-corrected chi connectivity index (χ2v) is 4.91. The van der Waals surface area contributed by atoms with Gasteiger partial charge in [0, 0.05) is 25.7 Å². The Morgan fingerprint density at radius 1 is 1.33 bits per heavy atom. The number of carbonyl (C=O) groups is 1. The summed E-state index contributed by atoms with van der Waals surface area (Å²) in [4.78, 5) is 12.0. The number of rotatable bonds is 3. The van der Waals surface area contributed by atoms with Gasteiger partial charge in [0.05, 0.1) is 6.04 Å². The topological polar surface area (TPSA) is 53.2 Å². The van der Waals surface area contributed by atoms with Crippen molar-refractivity contribution in [3.63, 3.8) is 0 Å². The van der Waals surface area contributed by atoms with Gasteiger partial charge in [-0.2, -0.15) is 0 Å². The van der Waals surface area contributed by atoms with E-state index >= 15 is 0 Å². The number of carbonyl (C=O) groups excluding carboxylic acids is 1. The summed E-state index contributed by atoms with van der Waals surface area (Å²) in [7, 11) is 0. The Labute approximate surface area is 108 Å². The first-order valence-electron chi connectivity index (χ1n) is 6.46. The van der Waals surface area contributed by atoms with E-state index in [-0.39, 0.29) is 11.9 Å². The second-order valence-electron chi connectivity index (χ2n) is 4.91. The van der Waals surface area contributed by atoms with Crippen LogP contribution in [0.2, 0.25) is 0 Å². The second kappa shape index (κ2) is 5.98. The van der Waals surface area contributed by atoms with E-state index in [1.165, 1.54) is 11.1 Å². The van der Waals surface area contributed by atoms with Gasteiger partial charge < -0.3 is 16.0 Å². The quantitative estimate of drug-likeness (QED) is 0.731. The highest BCUT2D eigenvalue weighted by Crippen LogP contribution is 2.06. The molecule has 3 N–H and O–H groups in total. The standard InChI is InChI=1S/C14H21N3O/c1-10-5-3-4-6-12(10)8-17-14(18)13-9-15-11(2)7-16-13/h3-6,11,13,15-16H,7-9H2,1-2H3,(H,17,18). The summed E-state index contributed by atoms with van der Waals surface area (Å²) in [6, 6.07) is 8.43. The van der Waals surface area contributed by atoms with Gasteiger partial charge in [0.1, 0.15) is 0 Å². The largest absolute Gasteiger partial charge is 0.351 e. The number of benzene rings is 1. The predicted molar refractivity (Wildman–Crippen MR) is 72.3 cm³/mol. The van der Waals surface area contributed by atoms with Gasteiger partial charge in [-0.1, -0.05) is 24.3 Å². The average molecular weight is 247 g/mol. The van der Waals surface area contributed by atoms with Crippen LogP contribution in [-0.2, 0) is 11.3 Å². The first-order chi connectivity index (χ1) is 8.66. The fraction of sp³-hybridized carbons (Fsp3) is 0.500. The molecular formula is C14H21N3O. The van der Waals surface area contributed by atoms with Gasteiger partial charge in [-0.25, -0.2) is 0 Å². The molecule has 1 amide bonds. The molecule has 1 fully saturated rings. The third-order valence-electron chi connectivity index (χ3n) is 3.37. The fourth-order valence-corrected chi connectivity index (χ4v) is 2.08. The van der Waals surface area contributed by atoms with Crippen LogP contribution in [0.1, 0.15) is 18.1 Å². The van der Waals surface area contributed by atoms with Crippen LogP contribution < -0.4 is 16.0 Å². The molecule has 0 aliphatic carbocycles. The van der Waals surface area contributed by atoms with E-state index in [2.05, 4.69) is 35.9 Å². The molecule has 2 rings (SSSR count). The zero-order chi connectivity index (χ0) is 13.0. The monoisotopic (exact) mass is 247 g/mol. The molecule has 0 radical (unpaired) electrons. The molecule has 1 heterocycles. The van der Waals surface area contributed by atoms with Gasteiger partial charge in [-0.05, 0) is 25.0 Å². The van der Waals surface area contributed by atoms with Crippen molar-refractivity contribution in [3.05, 3.63) is 35.4 Å². The highest BCUT2D eigenvalue weighted by atomic mass is 16.2. The van der Waals surface area contributed by atoms with Crippen LogP contribution in [-0.4, -0.2) is 31.1 Å². The van der Waals surface area contributed by atoms with Crippen LogP contribution in [0.4, 0.5) is 0 Å². The molecule has 4 nitrogen and oxygen atoms in total. The Kier molecular flexibility index (Phi) is 4.33. The predicted octanol–water partition coefficient (Wildman–Crippen LogP) is 0.561. The third kappa shape index (κ3) is 3.31. The molecular weight excluding hydrogens is 226 g/mol. The molecule has 1 aromatic carbocycles. The maximum atomic E-state index is 12.0. The van der Waals surface area contributed by atoms with Crippen LogP contribution >= 0.6 is 0 Å². The normalized spacial score (nSPS) is 23.7. The van der Waals surface area contributed by atoms with Gasteiger partial charge in [-0.3, -0.25) is 4.79 Å². The summed E-state index contributed by atoms with van der Waals surface area (Å²) >= 11 is 0. The molecule has 98 valence electrons. The van der Waals surface area contributed by atoms with Gasteiger partial charge >= 0.3 is 0 Å². The van der Waals surface area contributed by atoms with Crippen LogP contribution in [0.5, 0.6) is 0 Å². The van der Waals surface area contributed by atoms with Crippen molar-refractivity contribution < 1.29 is 4.79 Å². The lowest BCUT2D eigenvalue weighted by atomic mass is 10.1. The van der Waals surface area contributed by atoms with E-state index < -0.39 is 0 Å². The van der Waals surface area contributed by atoms with Crippen molar-refractivity contribution in [2.24, 2.45) is 0 Å². The van der Waals surface area contributed by atoms with Gasteiger partial charge in [0.25, 0.3) is 0 Å². The minimum atomic E-state index is -0.120. The Morgan fingerprint density at radius 2 is 2.11 bits per heavy atom. The summed E-state index contributed by atoms with van der Waals surface area (Å²) in [6.07, 6.45) is 0. The third-order valence-corrected chi connectivity index (χ3v) is 3.37. The molecule has 0 bridgehead atoms. The van der Waals surface area contributed by atoms with E-state index in [0.29, 0.717) is 19.1 Å². The summed E-state index contributed by atoms with van der Waals surface area (Å²) in [5.74, 6) is 0.0673.